The van der Waals surface area contributed by atoms with E-state index in [0.29, 0.717) is 5.92 Å². The highest BCUT2D eigenvalue weighted by molar-refractivity contribution is 5.43. The zero-order valence-electron chi connectivity index (χ0n) is 14.0. The molecule has 1 aliphatic heterocycles. The van der Waals surface area contributed by atoms with Crippen LogP contribution in [0.25, 0.3) is 0 Å². The molecule has 3 heteroatoms. The van der Waals surface area contributed by atoms with Gasteiger partial charge >= 0.3 is 0 Å². The van der Waals surface area contributed by atoms with Gasteiger partial charge in [-0.15, -0.1) is 0 Å². The molecule has 0 amide bonds. The van der Waals surface area contributed by atoms with Crippen molar-refractivity contribution in [3.05, 3.63) is 54.1 Å². The molecular formula is C20H25NO2. The van der Waals surface area contributed by atoms with E-state index in [1.807, 2.05) is 36.4 Å². The maximum atomic E-state index is 6.07. The summed E-state index contributed by atoms with van der Waals surface area (Å²) >= 11 is 0. The molecule has 3 rings (SSSR count). The Morgan fingerprint density at radius 3 is 2.52 bits per heavy atom. The molecule has 3 nitrogen and oxygen atoms in total. The van der Waals surface area contributed by atoms with Crippen LogP contribution in [0.15, 0.2) is 48.5 Å². The minimum Gasteiger partial charge on any atom is -0.489 e. The number of piperidine rings is 1. The topological polar surface area (TPSA) is 21.7 Å². The molecule has 0 aromatic heterocycles. The van der Waals surface area contributed by atoms with Crippen LogP contribution in [0.4, 0.5) is 0 Å². The summed E-state index contributed by atoms with van der Waals surface area (Å²) in [5, 5.41) is 0. The molecule has 122 valence electrons. The Morgan fingerprint density at radius 2 is 1.78 bits per heavy atom. The highest BCUT2D eigenvalue weighted by Gasteiger charge is 2.18. The van der Waals surface area contributed by atoms with Gasteiger partial charge in [-0.25, -0.2) is 0 Å². The van der Waals surface area contributed by atoms with Crippen LogP contribution >= 0.6 is 0 Å². The van der Waals surface area contributed by atoms with E-state index in [9.17, 15) is 0 Å². The summed E-state index contributed by atoms with van der Waals surface area (Å²) in [6.45, 7) is 5.13. The number of rotatable bonds is 5. The molecule has 1 saturated heterocycles. The van der Waals surface area contributed by atoms with E-state index in [-0.39, 0.29) is 0 Å². The smallest absolute Gasteiger partial charge is 0.169 e. The summed E-state index contributed by atoms with van der Waals surface area (Å²) in [6, 6.07) is 16.0. The van der Waals surface area contributed by atoms with Crippen molar-refractivity contribution >= 4 is 0 Å². The number of likely N-dealkylation sites (tertiary alicyclic amines) is 1. The van der Waals surface area contributed by atoms with Crippen molar-refractivity contribution in [2.75, 3.05) is 26.7 Å². The predicted octanol–water partition coefficient (Wildman–Crippen LogP) is 4.51. The lowest BCUT2D eigenvalue weighted by Gasteiger charge is -2.29. The SMILES string of the molecule is Cc1ccc(Oc2ccccc2OCC2CCCN(C)C2)cc1. The molecule has 23 heavy (non-hydrogen) atoms. The van der Waals surface area contributed by atoms with Crippen molar-refractivity contribution in [1.29, 1.82) is 0 Å². The fourth-order valence-corrected chi connectivity index (χ4v) is 3.00. The lowest BCUT2D eigenvalue weighted by atomic mass is 10.00. The third kappa shape index (κ3) is 4.49. The van der Waals surface area contributed by atoms with Gasteiger partial charge in [0.25, 0.3) is 0 Å². The monoisotopic (exact) mass is 311 g/mol. The van der Waals surface area contributed by atoms with Crippen molar-refractivity contribution in [1.82, 2.24) is 4.90 Å². The minimum absolute atomic E-state index is 0.598. The van der Waals surface area contributed by atoms with Crippen LogP contribution in [0.1, 0.15) is 18.4 Å². The zero-order chi connectivity index (χ0) is 16.1. The summed E-state index contributed by atoms with van der Waals surface area (Å²) < 4.78 is 12.1. The van der Waals surface area contributed by atoms with Crippen LogP contribution in [0, 0.1) is 12.8 Å². The minimum atomic E-state index is 0.598. The Morgan fingerprint density at radius 1 is 1.04 bits per heavy atom. The Bertz CT molecular complexity index is 624. The van der Waals surface area contributed by atoms with Crippen LogP contribution in [0.2, 0.25) is 0 Å². The van der Waals surface area contributed by atoms with E-state index < -0.39 is 0 Å². The summed E-state index contributed by atoms with van der Waals surface area (Å²) in [5.41, 5.74) is 1.23. The Hall–Kier alpha value is -2.00. The van der Waals surface area contributed by atoms with E-state index in [2.05, 4.69) is 31.0 Å². The van der Waals surface area contributed by atoms with Crippen LogP contribution < -0.4 is 9.47 Å². The van der Waals surface area contributed by atoms with E-state index in [1.165, 1.54) is 24.9 Å². The van der Waals surface area contributed by atoms with Gasteiger partial charge < -0.3 is 14.4 Å². The average Bonchev–Trinajstić information content (AvgIpc) is 2.56. The van der Waals surface area contributed by atoms with E-state index >= 15 is 0 Å². The average molecular weight is 311 g/mol. The second-order valence-corrected chi connectivity index (χ2v) is 6.44. The quantitative estimate of drug-likeness (QED) is 0.811. The number of nitrogens with zero attached hydrogens (tertiary/aromatic N) is 1. The fraction of sp³-hybridized carbons (Fsp3) is 0.400. The summed E-state index contributed by atoms with van der Waals surface area (Å²) in [5.74, 6) is 3.03. The van der Waals surface area contributed by atoms with E-state index in [4.69, 9.17) is 9.47 Å². The number of ether oxygens (including phenoxy) is 2. The Kier molecular flexibility index (Phi) is 5.19. The van der Waals surface area contributed by atoms with Crippen LogP contribution in [0.3, 0.4) is 0 Å². The number of benzene rings is 2. The van der Waals surface area contributed by atoms with Gasteiger partial charge in [-0.05, 0) is 57.6 Å². The maximum absolute atomic E-state index is 6.07. The summed E-state index contributed by atoms with van der Waals surface area (Å²) in [4.78, 5) is 2.38. The van der Waals surface area contributed by atoms with Gasteiger partial charge in [-0.1, -0.05) is 29.8 Å². The molecule has 1 fully saturated rings. The second-order valence-electron chi connectivity index (χ2n) is 6.44. The number of hydrogen-bond acceptors (Lipinski definition) is 3. The molecule has 1 atom stereocenters. The van der Waals surface area contributed by atoms with E-state index in [0.717, 1.165) is 30.4 Å². The molecule has 0 bridgehead atoms. The largest absolute Gasteiger partial charge is 0.489 e. The molecule has 0 saturated carbocycles. The molecule has 0 aliphatic carbocycles. The first-order valence-corrected chi connectivity index (χ1v) is 8.35. The molecule has 1 heterocycles. The molecule has 2 aromatic rings. The van der Waals surface area contributed by atoms with Crippen molar-refractivity contribution in [3.8, 4) is 17.2 Å². The highest BCUT2D eigenvalue weighted by Crippen LogP contribution is 2.32. The normalized spacial score (nSPS) is 18.6. The summed E-state index contributed by atoms with van der Waals surface area (Å²) in [7, 11) is 2.18. The first-order valence-electron chi connectivity index (χ1n) is 8.35. The maximum Gasteiger partial charge on any atom is 0.169 e. The second kappa shape index (κ2) is 7.51. The van der Waals surface area contributed by atoms with Gasteiger partial charge in [0.05, 0.1) is 6.61 Å². The first kappa shape index (κ1) is 15.9. The number of hydrogen-bond donors (Lipinski definition) is 0. The van der Waals surface area contributed by atoms with Crippen molar-refractivity contribution < 1.29 is 9.47 Å². The molecule has 1 aliphatic rings. The standard InChI is InChI=1S/C20H25NO2/c1-16-9-11-18(12-10-16)23-20-8-4-3-7-19(20)22-15-17-6-5-13-21(2)14-17/h3-4,7-12,17H,5-6,13-15H2,1-2H3. The zero-order valence-corrected chi connectivity index (χ0v) is 14.0. The van der Waals surface area contributed by atoms with Gasteiger partial charge in [-0.3, -0.25) is 0 Å². The predicted molar refractivity (Wildman–Crippen MR) is 93.4 cm³/mol. The third-order valence-electron chi connectivity index (χ3n) is 4.29. The molecule has 0 spiro atoms. The van der Waals surface area contributed by atoms with Crippen molar-refractivity contribution in [2.45, 2.75) is 19.8 Å². The number of para-hydroxylation sites is 2. The van der Waals surface area contributed by atoms with Gasteiger partial charge in [-0.2, -0.15) is 0 Å². The lowest BCUT2D eigenvalue weighted by molar-refractivity contribution is 0.148. The fourth-order valence-electron chi connectivity index (χ4n) is 3.00. The Labute approximate surface area is 138 Å². The van der Waals surface area contributed by atoms with E-state index in [1.54, 1.807) is 0 Å². The van der Waals surface area contributed by atoms with Crippen molar-refractivity contribution in [2.24, 2.45) is 5.92 Å². The van der Waals surface area contributed by atoms with Crippen LogP contribution in [-0.4, -0.2) is 31.6 Å². The first-order chi connectivity index (χ1) is 11.2. The number of aryl methyl sites for hydroxylation is 1. The molecule has 0 N–H and O–H groups in total. The van der Waals surface area contributed by atoms with Gasteiger partial charge in [0.15, 0.2) is 11.5 Å². The van der Waals surface area contributed by atoms with Gasteiger partial charge in [0.1, 0.15) is 5.75 Å². The molecular weight excluding hydrogens is 286 g/mol. The van der Waals surface area contributed by atoms with Gasteiger partial charge in [0.2, 0.25) is 0 Å². The molecule has 1 unspecified atom stereocenters. The highest BCUT2D eigenvalue weighted by atomic mass is 16.5. The lowest BCUT2D eigenvalue weighted by Crippen LogP contribution is -2.34. The Balaban J connectivity index is 1.64. The van der Waals surface area contributed by atoms with Gasteiger partial charge in [0, 0.05) is 12.5 Å². The van der Waals surface area contributed by atoms with Crippen LogP contribution in [-0.2, 0) is 0 Å². The third-order valence-corrected chi connectivity index (χ3v) is 4.29. The molecule has 0 radical (unpaired) electrons. The summed E-state index contributed by atoms with van der Waals surface area (Å²) in [6.07, 6.45) is 2.50. The van der Waals surface area contributed by atoms with Crippen LogP contribution in [0.5, 0.6) is 17.2 Å². The molecule has 2 aromatic carbocycles. The van der Waals surface area contributed by atoms with Crippen molar-refractivity contribution in [3.63, 3.8) is 0 Å².